The number of carbonyl (C=O) groups excluding carboxylic acids is 2. The second-order valence-electron chi connectivity index (χ2n) is 7.04. The molecule has 1 amide bonds. The molecule has 0 atom stereocenters. The van der Waals surface area contributed by atoms with Crippen molar-refractivity contribution in [2.24, 2.45) is 0 Å². The van der Waals surface area contributed by atoms with E-state index < -0.39 is 23.3 Å². The molecule has 0 saturated heterocycles. The summed E-state index contributed by atoms with van der Waals surface area (Å²) in [4.78, 5) is 38.7. The van der Waals surface area contributed by atoms with E-state index in [4.69, 9.17) is 13.9 Å². The van der Waals surface area contributed by atoms with Gasteiger partial charge in [0.15, 0.2) is 0 Å². The molecule has 1 N–H and O–H groups in total. The van der Waals surface area contributed by atoms with Gasteiger partial charge in [0.2, 0.25) is 0 Å². The van der Waals surface area contributed by atoms with Crippen LogP contribution in [-0.4, -0.2) is 26.1 Å². The predicted octanol–water partition coefficient (Wildman–Crippen LogP) is 5.02. The van der Waals surface area contributed by atoms with E-state index in [1.54, 1.807) is 25.1 Å². The second kappa shape index (κ2) is 8.87. The summed E-state index contributed by atoms with van der Waals surface area (Å²) >= 11 is 1.14. The van der Waals surface area contributed by atoms with Crippen LogP contribution in [0.3, 0.4) is 0 Å². The van der Waals surface area contributed by atoms with Crippen molar-refractivity contribution in [3.63, 3.8) is 0 Å². The molecule has 2 heterocycles. The molecule has 9 heteroatoms. The molecule has 7 nitrogen and oxygen atoms in total. The fourth-order valence-electron chi connectivity index (χ4n) is 3.45. The number of rotatable bonds is 5. The summed E-state index contributed by atoms with van der Waals surface area (Å²) in [5.41, 5.74) is 0.462. The van der Waals surface area contributed by atoms with E-state index in [1.165, 1.54) is 44.6 Å². The number of esters is 1. The third-order valence-corrected chi connectivity index (χ3v) is 6.04. The van der Waals surface area contributed by atoms with Gasteiger partial charge in [-0.15, -0.1) is 11.3 Å². The van der Waals surface area contributed by atoms with Crippen molar-refractivity contribution in [1.29, 1.82) is 0 Å². The van der Waals surface area contributed by atoms with Gasteiger partial charge in [0.1, 0.15) is 33.3 Å². The van der Waals surface area contributed by atoms with E-state index in [0.29, 0.717) is 32.7 Å². The lowest BCUT2D eigenvalue weighted by molar-refractivity contribution is 0.0603. The van der Waals surface area contributed by atoms with Crippen LogP contribution in [0.5, 0.6) is 5.75 Å². The zero-order chi connectivity index (χ0) is 23.7. The van der Waals surface area contributed by atoms with E-state index in [2.05, 4.69) is 5.32 Å². The summed E-state index contributed by atoms with van der Waals surface area (Å²) in [5.74, 6) is -1.30. The average Bonchev–Trinajstić information content (AvgIpc) is 3.13. The third kappa shape index (κ3) is 4.22. The van der Waals surface area contributed by atoms with Crippen molar-refractivity contribution in [2.45, 2.75) is 6.92 Å². The van der Waals surface area contributed by atoms with Crippen molar-refractivity contribution < 1.29 is 27.9 Å². The van der Waals surface area contributed by atoms with Gasteiger partial charge in [-0.1, -0.05) is 12.1 Å². The van der Waals surface area contributed by atoms with Crippen LogP contribution in [0.2, 0.25) is 0 Å². The van der Waals surface area contributed by atoms with Gasteiger partial charge in [-0.2, -0.15) is 0 Å². The number of nitrogens with one attached hydrogen (secondary N) is 1. The number of fused-ring (bicyclic) bond motifs is 1. The van der Waals surface area contributed by atoms with E-state index in [-0.39, 0.29) is 16.1 Å². The lowest BCUT2D eigenvalue weighted by Gasteiger charge is -2.08. The maximum absolute atomic E-state index is 13.4. The molecule has 168 valence electrons. The van der Waals surface area contributed by atoms with Crippen LogP contribution in [-0.2, 0) is 4.74 Å². The van der Waals surface area contributed by atoms with Gasteiger partial charge in [-0.05, 0) is 48.9 Å². The summed E-state index contributed by atoms with van der Waals surface area (Å²) in [7, 11) is 2.72. The Labute approximate surface area is 191 Å². The molecule has 0 aliphatic rings. The molecule has 0 aliphatic carbocycles. The lowest BCUT2D eigenvalue weighted by Crippen LogP contribution is -2.21. The van der Waals surface area contributed by atoms with Gasteiger partial charge >= 0.3 is 11.6 Å². The number of carbonyl (C=O) groups is 2. The molecular weight excluding hydrogens is 449 g/mol. The van der Waals surface area contributed by atoms with Gasteiger partial charge in [0, 0.05) is 15.8 Å². The minimum atomic E-state index is -0.822. The molecular formula is C24H18FNO6S. The highest BCUT2D eigenvalue weighted by molar-refractivity contribution is 7.17. The Morgan fingerprint density at radius 2 is 1.79 bits per heavy atom. The highest BCUT2D eigenvalue weighted by Gasteiger charge is 2.26. The lowest BCUT2D eigenvalue weighted by atomic mass is 10.0. The number of hydrogen-bond acceptors (Lipinski definition) is 7. The summed E-state index contributed by atoms with van der Waals surface area (Å²) in [6.45, 7) is 1.77. The molecule has 0 unspecified atom stereocenters. The Kier molecular flexibility index (Phi) is 5.97. The van der Waals surface area contributed by atoms with Crippen LogP contribution in [0.25, 0.3) is 22.1 Å². The van der Waals surface area contributed by atoms with E-state index in [9.17, 15) is 18.8 Å². The highest BCUT2D eigenvalue weighted by atomic mass is 32.1. The number of methoxy groups -OCH3 is 2. The number of halogens is 1. The number of hydrogen-bond donors (Lipinski definition) is 1. The number of thiophene rings is 1. The van der Waals surface area contributed by atoms with Crippen molar-refractivity contribution in [2.75, 3.05) is 19.5 Å². The first kappa shape index (κ1) is 22.2. The van der Waals surface area contributed by atoms with Crippen molar-refractivity contribution in [1.82, 2.24) is 0 Å². The van der Waals surface area contributed by atoms with Gasteiger partial charge < -0.3 is 19.2 Å². The van der Waals surface area contributed by atoms with E-state index in [1.807, 2.05) is 0 Å². The highest BCUT2D eigenvalue weighted by Crippen LogP contribution is 2.40. The first-order valence-corrected chi connectivity index (χ1v) is 10.5. The van der Waals surface area contributed by atoms with Crippen molar-refractivity contribution in [3.8, 4) is 16.9 Å². The van der Waals surface area contributed by atoms with Crippen LogP contribution in [0, 0.1) is 12.7 Å². The average molecular weight is 467 g/mol. The zero-order valence-corrected chi connectivity index (χ0v) is 18.7. The Morgan fingerprint density at radius 3 is 2.45 bits per heavy atom. The fourth-order valence-corrected chi connectivity index (χ4v) is 4.51. The molecule has 2 aromatic heterocycles. The number of benzene rings is 2. The van der Waals surface area contributed by atoms with Crippen LogP contribution in [0.15, 0.2) is 57.7 Å². The van der Waals surface area contributed by atoms with Gasteiger partial charge in [0.05, 0.1) is 14.2 Å². The minimum Gasteiger partial charge on any atom is -0.497 e. The first-order chi connectivity index (χ1) is 15.8. The topological polar surface area (TPSA) is 94.8 Å². The van der Waals surface area contributed by atoms with Gasteiger partial charge in [0.25, 0.3) is 5.91 Å². The molecule has 4 rings (SSSR count). The third-order valence-electron chi connectivity index (χ3n) is 5.02. The zero-order valence-electron chi connectivity index (χ0n) is 17.9. The van der Waals surface area contributed by atoms with Gasteiger partial charge in [-0.25, -0.2) is 14.0 Å². The summed E-state index contributed by atoms with van der Waals surface area (Å²) in [6, 6.07) is 11.9. The number of amides is 1. The first-order valence-electron chi connectivity index (χ1n) is 9.73. The molecule has 0 saturated carbocycles. The van der Waals surface area contributed by atoms with Crippen LogP contribution >= 0.6 is 11.3 Å². The largest absolute Gasteiger partial charge is 0.497 e. The standard InChI is InChI=1S/C24H18FNO6S/c1-12-19(13-4-6-15(25)7-5-13)20(24(29)31-3)22(33-12)26-21(27)17-11-14-10-16(30-2)8-9-18(14)32-23(17)28/h4-11H,1-3H3,(H,26,27). The molecule has 33 heavy (non-hydrogen) atoms. The SMILES string of the molecule is COC(=O)c1c(NC(=O)c2cc3cc(OC)ccc3oc2=O)sc(C)c1-c1ccc(F)cc1. The second-order valence-corrected chi connectivity index (χ2v) is 8.27. The Bertz CT molecular complexity index is 1440. The normalized spacial score (nSPS) is 10.8. The fraction of sp³-hybridized carbons (Fsp3) is 0.125. The Balaban J connectivity index is 1.77. The summed E-state index contributed by atoms with van der Waals surface area (Å²) in [6.07, 6.45) is 0. The van der Waals surface area contributed by atoms with Crippen LogP contribution in [0.1, 0.15) is 25.6 Å². The molecule has 0 fully saturated rings. The monoisotopic (exact) mass is 467 g/mol. The summed E-state index contributed by atoms with van der Waals surface area (Å²) < 4.78 is 28.8. The van der Waals surface area contributed by atoms with E-state index in [0.717, 1.165) is 11.3 Å². The van der Waals surface area contributed by atoms with Crippen molar-refractivity contribution in [3.05, 3.63) is 80.8 Å². The molecule has 0 radical (unpaired) electrons. The van der Waals surface area contributed by atoms with Crippen molar-refractivity contribution >= 4 is 39.2 Å². The molecule has 4 aromatic rings. The predicted molar refractivity (Wildman–Crippen MR) is 123 cm³/mol. The van der Waals surface area contributed by atoms with Crippen LogP contribution in [0.4, 0.5) is 9.39 Å². The Hall–Kier alpha value is -3.98. The summed E-state index contributed by atoms with van der Waals surface area (Å²) in [5, 5.41) is 3.34. The molecule has 2 aromatic carbocycles. The number of ether oxygens (including phenoxy) is 2. The maximum Gasteiger partial charge on any atom is 0.349 e. The minimum absolute atomic E-state index is 0.117. The quantitative estimate of drug-likeness (QED) is 0.327. The molecule has 0 spiro atoms. The maximum atomic E-state index is 13.4. The number of aryl methyl sites for hydroxylation is 1. The van der Waals surface area contributed by atoms with Crippen LogP contribution < -0.4 is 15.7 Å². The molecule has 0 bridgehead atoms. The Morgan fingerprint density at radius 1 is 1.06 bits per heavy atom. The number of anilines is 1. The van der Waals surface area contributed by atoms with E-state index >= 15 is 0 Å². The van der Waals surface area contributed by atoms with Gasteiger partial charge in [-0.3, -0.25) is 4.79 Å². The molecule has 0 aliphatic heterocycles. The smallest absolute Gasteiger partial charge is 0.349 e.